The van der Waals surface area contributed by atoms with E-state index in [1.54, 1.807) is 19.2 Å². The van der Waals surface area contributed by atoms with Crippen LogP contribution in [0.3, 0.4) is 0 Å². The number of rotatable bonds is 2. The zero-order chi connectivity index (χ0) is 11.7. The van der Waals surface area contributed by atoms with E-state index in [0.717, 1.165) is 5.56 Å². The summed E-state index contributed by atoms with van der Waals surface area (Å²) in [6.07, 6.45) is 1.41. The van der Waals surface area contributed by atoms with Crippen LogP contribution in [0.4, 0.5) is 4.39 Å². The van der Waals surface area contributed by atoms with Crippen LogP contribution >= 0.6 is 0 Å². The standard InChI is InChI=1S/C11H12FN3O/c1-8-3-4-10(12)9(5-8)6-15-7-13-14(2)11(15)16/h3-5,7H,6H2,1-2H3. The summed E-state index contributed by atoms with van der Waals surface area (Å²) in [7, 11) is 1.56. The van der Waals surface area contributed by atoms with Crippen LogP contribution in [-0.4, -0.2) is 14.3 Å². The molecule has 5 heteroatoms. The molecule has 16 heavy (non-hydrogen) atoms. The molecule has 0 saturated heterocycles. The maximum atomic E-state index is 13.5. The van der Waals surface area contributed by atoms with Gasteiger partial charge < -0.3 is 0 Å². The molecular weight excluding hydrogens is 209 g/mol. The maximum Gasteiger partial charge on any atom is 0.345 e. The molecule has 0 aliphatic carbocycles. The van der Waals surface area contributed by atoms with E-state index in [4.69, 9.17) is 0 Å². The van der Waals surface area contributed by atoms with Crippen molar-refractivity contribution in [1.82, 2.24) is 14.3 Å². The quantitative estimate of drug-likeness (QED) is 0.761. The van der Waals surface area contributed by atoms with Crippen LogP contribution in [0.2, 0.25) is 0 Å². The second-order valence-electron chi connectivity index (χ2n) is 3.76. The van der Waals surface area contributed by atoms with E-state index in [9.17, 15) is 9.18 Å². The first-order chi connectivity index (χ1) is 7.58. The van der Waals surface area contributed by atoms with E-state index < -0.39 is 0 Å². The lowest BCUT2D eigenvalue weighted by molar-refractivity contribution is 0.593. The molecule has 84 valence electrons. The number of halogens is 1. The van der Waals surface area contributed by atoms with E-state index in [0.29, 0.717) is 5.56 Å². The SMILES string of the molecule is Cc1ccc(F)c(Cn2cnn(C)c2=O)c1. The van der Waals surface area contributed by atoms with Gasteiger partial charge >= 0.3 is 5.69 Å². The second kappa shape index (κ2) is 3.92. The van der Waals surface area contributed by atoms with E-state index in [1.165, 1.54) is 21.6 Å². The van der Waals surface area contributed by atoms with Gasteiger partial charge in [-0.15, -0.1) is 0 Å². The van der Waals surface area contributed by atoms with Crippen LogP contribution in [0, 0.1) is 12.7 Å². The lowest BCUT2D eigenvalue weighted by atomic mass is 10.1. The first-order valence-corrected chi connectivity index (χ1v) is 4.91. The fourth-order valence-electron chi connectivity index (χ4n) is 1.54. The first kappa shape index (κ1) is 10.6. The molecule has 0 amide bonds. The van der Waals surface area contributed by atoms with Crippen molar-refractivity contribution < 1.29 is 4.39 Å². The summed E-state index contributed by atoms with van der Waals surface area (Å²) in [6, 6.07) is 4.84. The number of aryl methyl sites for hydroxylation is 2. The van der Waals surface area contributed by atoms with Crippen molar-refractivity contribution in [1.29, 1.82) is 0 Å². The zero-order valence-corrected chi connectivity index (χ0v) is 9.14. The molecule has 2 aromatic rings. The maximum absolute atomic E-state index is 13.5. The van der Waals surface area contributed by atoms with Gasteiger partial charge in [0.2, 0.25) is 0 Å². The van der Waals surface area contributed by atoms with Crippen molar-refractivity contribution in [3.63, 3.8) is 0 Å². The van der Waals surface area contributed by atoms with E-state index >= 15 is 0 Å². The average Bonchev–Trinajstić information content (AvgIpc) is 2.55. The average molecular weight is 221 g/mol. The second-order valence-corrected chi connectivity index (χ2v) is 3.76. The summed E-state index contributed by atoms with van der Waals surface area (Å²) in [5.41, 5.74) is 1.21. The third kappa shape index (κ3) is 1.88. The van der Waals surface area contributed by atoms with E-state index in [-0.39, 0.29) is 18.1 Å². The number of benzene rings is 1. The molecule has 4 nitrogen and oxygen atoms in total. The van der Waals surface area contributed by atoms with Gasteiger partial charge in [-0.2, -0.15) is 5.10 Å². The summed E-state index contributed by atoms with van der Waals surface area (Å²) >= 11 is 0. The predicted molar refractivity (Wildman–Crippen MR) is 57.7 cm³/mol. The Kier molecular flexibility index (Phi) is 2.60. The Morgan fingerprint density at radius 3 is 2.81 bits per heavy atom. The van der Waals surface area contributed by atoms with Gasteiger partial charge in [-0.1, -0.05) is 17.7 Å². The van der Waals surface area contributed by atoms with Crippen molar-refractivity contribution in [2.45, 2.75) is 13.5 Å². The first-order valence-electron chi connectivity index (χ1n) is 4.91. The topological polar surface area (TPSA) is 39.8 Å². The van der Waals surface area contributed by atoms with Gasteiger partial charge in [-0.3, -0.25) is 4.57 Å². The van der Waals surface area contributed by atoms with Gasteiger partial charge in [-0.25, -0.2) is 13.9 Å². The van der Waals surface area contributed by atoms with Crippen molar-refractivity contribution >= 4 is 0 Å². The molecule has 0 saturated carbocycles. The highest BCUT2D eigenvalue weighted by atomic mass is 19.1. The van der Waals surface area contributed by atoms with E-state index in [1.807, 2.05) is 6.92 Å². The molecule has 0 radical (unpaired) electrons. The third-order valence-electron chi connectivity index (χ3n) is 2.43. The minimum absolute atomic E-state index is 0.209. The number of aromatic nitrogens is 3. The molecule has 1 aromatic heterocycles. The summed E-state index contributed by atoms with van der Waals surface area (Å²) in [5.74, 6) is -0.304. The van der Waals surface area contributed by atoms with Gasteiger partial charge in [0, 0.05) is 12.6 Å². The predicted octanol–water partition coefficient (Wildman–Crippen LogP) is 1.08. The minimum Gasteiger partial charge on any atom is -0.277 e. The molecule has 1 heterocycles. The Balaban J connectivity index is 2.37. The molecule has 1 aromatic carbocycles. The molecule has 0 atom stereocenters. The van der Waals surface area contributed by atoms with Gasteiger partial charge in [0.05, 0.1) is 6.54 Å². The molecule has 0 spiro atoms. The van der Waals surface area contributed by atoms with Crippen LogP contribution in [0.5, 0.6) is 0 Å². The van der Waals surface area contributed by atoms with Crippen LogP contribution in [0.25, 0.3) is 0 Å². The summed E-state index contributed by atoms with van der Waals surface area (Å²) in [4.78, 5) is 11.5. The fraction of sp³-hybridized carbons (Fsp3) is 0.273. The zero-order valence-electron chi connectivity index (χ0n) is 9.14. The molecule has 0 N–H and O–H groups in total. The van der Waals surface area contributed by atoms with Gasteiger partial charge in [0.1, 0.15) is 12.1 Å². The van der Waals surface area contributed by atoms with Crippen molar-refractivity contribution in [3.05, 3.63) is 52.0 Å². The molecular formula is C11H12FN3O. The minimum atomic E-state index is -0.304. The lowest BCUT2D eigenvalue weighted by Gasteiger charge is -2.04. The number of hydrogen-bond donors (Lipinski definition) is 0. The Morgan fingerprint density at radius 2 is 2.19 bits per heavy atom. The highest BCUT2D eigenvalue weighted by Crippen LogP contribution is 2.10. The van der Waals surface area contributed by atoms with Gasteiger partial charge in [0.15, 0.2) is 0 Å². The fourth-order valence-corrected chi connectivity index (χ4v) is 1.54. The molecule has 0 bridgehead atoms. The van der Waals surface area contributed by atoms with Crippen LogP contribution < -0.4 is 5.69 Å². The Bertz CT molecular complexity index is 571. The Hall–Kier alpha value is -1.91. The number of nitrogens with zero attached hydrogens (tertiary/aromatic N) is 3. The lowest BCUT2D eigenvalue weighted by Crippen LogP contribution is -2.23. The van der Waals surface area contributed by atoms with Crippen LogP contribution in [-0.2, 0) is 13.6 Å². The molecule has 0 aliphatic heterocycles. The highest BCUT2D eigenvalue weighted by Gasteiger charge is 2.06. The smallest absolute Gasteiger partial charge is 0.277 e. The van der Waals surface area contributed by atoms with Crippen molar-refractivity contribution in [2.75, 3.05) is 0 Å². The summed E-state index contributed by atoms with van der Waals surface area (Å²) in [6.45, 7) is 2.09. The summed E-state index contributed by atoms with van der Waals surface area (Å²) in [5, 5.41) is 3.81. The molecule has 0 aliphatic rings. The summed E-state index contributed by atoms with van der Waals surface area (Å²) < 4.78 is 16.0. The monoisotopic (exact) mass is 221 g/mol. The Labute approximate surface area is 91.9 Å². The normalized spacial score (nSPS) is 10.7. The van der Waals surface area contributed by atoms with Gasteiger partial charge in [-0.05, 0) is 13.0 Å². The van der Waals surface area contributed by atoms with Crippen molar-refractivity contribution in [3.8, 4) is 0 Å². The largest absolute Gasteiger partial charge is 0.345 e. The van der Waals surface area contributed by atoms with Crippen LogP contribution in [0.1, 0.15) is 11.1 Å². The van der Waals surface area contributed by atoms with E-state index in [2.05, 4.69) is 5.10 Å². The molecule has 0 fully saturated rings. The highest BCUT2D eigenvalue weighted by molar-refractivity contribution is 5.24. The Morgan fingerprint density at radius 1 is 1.44 bits per heavy atom. The van der Waals surface area contributed by atoms with Gasteiger partial charge in [0.25, 0.3) is 0 Å². The molecule has 2 rings (SSSR count). The third-order valence-corrected chi connectivity index (χ3v) is 2.43. The number of hydrogen-bond acceptors (Lipinski definition) is 2. The molecule has 0 unspecified atom stereocenters. The van der Waals surface area contributed by atoms with Crippen LogP contribution in [0.15, 0.2) is 29.3 Å². The van der Waals surface area contributed by atoms with Crippen molar-refractivity contribution in [2.24, 2.45) is 7.05 Å².